The number of nitrogens with one attached hydrogen (secondary N) is 1. The van der Waals surface area contributed by atoms with E-state index in [1.54, 1.807) is 33.9 Å². The second-order valence-electron chi connectivity index (χ2n) is 10.7. The van der Waals surface area contributed by atoms with Crippen LogP contribution in [0.5, 0.6) is 0 Å². The van der Waals surface area contributed by atoms with Gasteiger partial charge in [0.15, 0.2) is 0 Å². The molecular formula is C30H32ClN9O. The minimum Gasteiger partial charge on any atom is -0.377 e. The van der Waals surface area contributed by atoms with Crippen molar-refractivity contribution in [2.24, 2.45) is 14.0 Å². The van der Waals surface area contributed by atoms with E-state index in [0.29, 0.717) is 46.5 Å². The van der Waals surface area contributed by atoms with Gasteiger partial charge in [-0.15, -0.1) is 0 Å². The van der Waals surface area contributed by atoms with Crippen LogP contribution < -0.4 is 10.9 Å². The molecule has 1 saturated heterocycles. The number of nitrogens with zero attached hydrogens (tertiary/aromatic N) is 8. The van der Waals surface area contributed by atoms with Gasteiger partial charge in [-0.05, 0) is 49.6 Å². The topological polar surface area (TPSA) is 110 Å². The quantitative estimate of drug-likeness (QED) is 0.274. The highest BCUT2D eigenvalue weighted by molar-refractivity contribution is 6.29. The average Bonchev–Trinajstić information content (AvgIpc) is 3.72. The minimum absolute atomic E-state index is 0.136. The Morgan fingerprint density at radius 1 is 1.27 bits per heavy atom. The first kappa shape index (κ1) is 23.5. The molecule has 5 heterocycles. The van der Waals surface area contributed by atoms with Crippen molar-refractivity contribution in [3.8, 4) is 17.3 Å². The summed E-state index contributed by atoms with van der Waals surface area (Å²) in [6.07, 6.45) is 6.39. The van der Waals surface area contributed by atoms with E-state index in [0.717, 1.165) is 39.9 Å². The van der Waals surface area contributed by atoms with Crippen LogP contribution >= 0.6 is 11.6 Å². The van der Waals surface area contributed by atoms with Crippen molar-refractivity contribution in [2.75, 3.05) is 25.0 Å². The number of likely N-dealkylation sites (tertiary alicyclic amines) is 1. The van der Waals surface area contributed by atoms with Crippen molar-refractivity contribution in [3.05, 3.63) is 69.5 Å². The molecule has 0 spiro atoms. The van der Waals surface area contributed by atoms with Crippen LogP contribution in [-0.4, -0.2) is 53.6 Å². The summed E-state index contributed by atoms with van der Waals surface area (Å²) < 4.78 is 29.3. The van der Waals surface area contributed by atoms with Crippen LogP contribution in [0.4, 0.5) is 5.69 Å². The zero-order chi connectivity index (χ0) is 31.3. The Morgan fingerprint density at radius 3 is 2.88 bits per heavy atom. The molecule has 5 aromatic rings. The lowest BCUT2D eigenvalue weighted by molar-refractivity contribution is 0.327. The summed E-state index contributed by atoms with van der Waals surface area (Å²) in [5.41, 5.74) is 3.51. The number of aromatic nitrogens is 6. The van der Waals surface area contributed by atoms with Crippen LogP contribution in [0.25, 0.3) is 33.1 Å². The largest absolute Gasteiger partial charge is 0.377 e. The maximum atomic E-state index is 14.1. The summed E-state index contributed by atoms with van der Waals surface area (Å²) in [6.45, 7) is 3.17. The molecule has 210 valence electrons. The van der Waals surface area contributed by atoms with Crippen LogP contribution in [0.15, 0.2) is 47.7 Å². The Kier molecular flexibility index (Phi) is 6.10. The molecule has 0 radical (unpaired) electrons. The van der Waals surface area contributed by atoms with E-state index in [4.69, 9.17) is 26.1 Å². The fraction of sp³-hybridized carbons (Fsp3) is 0.367. The summed E-state index contributed by atoms with van der Waals surface area (Å²) in [4.78, 5) is 20.8. The van der Waals surface area contributed by atoms with Crippen molar-refractivity contribution in [1.29, 1.82) is 5.26 Å². The zero-order valence-electron chi connectivity index (χ0n) is 26.1. The lowest BCUT2D eigenvalue weighted by atomic mass is 9.95. The lowest BCUT2D eigenvalue weighted by Gasteiger charge is -2.21. The van der Waals surface area contributed by atoms with Crippen LogP contribution in [0.1, 0.15) is 47.1 Å². The second kappa shape index (κ2) is 10.7. The summed E-state index contributed by atoms with van der Waals surface area (Å²) in [5.74, 6) is 0. The monoisotopic (exact) mass is 572 g/mol. The highest BCUT2D eigenvalue weighted by Crippen LogP contribution is 2.36. The smallest absolute Gasteiger partial charge is 0.259 e. The Bertz CT molecular complexity index is 1990. The van der Waals surface area contributed by atoms with Crippen molar-refractivity contribution in [3.63, 3.8) is 0 Å². The normalized spacial score (nSPS) is 17.8. The number of anilines is 1. The summed E-state index contributed by atoms with van der Waals surface area (Å²) in [6, 6.07) is 9.06. The number of pyridine rings is 2. The van der Waals surface area contributed by atoms with Crippen LogP contribution in [-0.2, 0) is 14.0 Å². The maximum absolute atomic E-state index is 14.1. The third-order valence-electron chi connectivity index (χ3n) is 7.81. The third kappa shape index (κ3) is 4.85. The van der Waals surface area contributed by atoms with Gasteiger partial charge in [-0.25, -0.2) is 9.67 Å². The first-order valence-electron chi connectivity index (χ1n) is 15.0. The van der Waals surface area contributed by atoms with E-state index in [1.165, 1.54) is 0 Å². The van der Waals surface area contributed by atoms with Gasteiger partial charge in [0.05, 0.1) is 35.9 Å². The molecule has 1 N–H and O–H groups in total. The molecule has 2 unspecified atom stereocenters. The molecule has 41 heavy (non-hydrogen) atoms. The molecule has 1 aliphatic heterocycles. The van der Waals surface area contributed by atoms with Crippen LogP contribution in [0, 0.1) is 18.3 Å². The number of rotatable bonds is 7. The molecule has 11 heteroatoms. The SMILES string of the molecule is [2H]C([2H])([2H])n1c(=O)c2cc(C)cc(C(C)Nc3ccc(Cl)nc3-c3cnn(C)c3)c2c2cnn(C3CCN(CCC#N)C3)c21. The second-order valence-corrected chi connectivity index (χ2v) is 11.1. The van der Waals surface area contributed by atoms with Gasteiger partial charge in [0.2, 0.25) is 0 Å². The highest BCUT2D eigenvalue weighted by atomic mass is 35.5. The standard InChI is InChI=1S/C30H32ClN9O/c1-18-12-22(19(2)35-25-6-7-26(31)36-28(25)20-14-33-37(3)16-20)27-23(13-18)30(41)38(4)29-24(27)15-34-40(29)21-8-11-39(17-21)10-5-9-32/h6-7,12-16,19,21,35H,5,8,10-11,17H2,1-4H3/i4D3. The van der Waals surface area contributed by atoms with Gasteiger partial charge in [-0.3, -0.25) is 14.0 Å². The van der Waals surface area contributed by atoms with E-state index in [9.17, 15) is 4.79 Å². The molecule has 0 bridgehead atoms. The Morgan fingerprint density at radius 2 is 2.12 bits per heavy atom. The van der Waals surface area contributed by atoms with E-state index in [1.807, 2.05) is 39.2 Å². The third-order valence-corrected chi connectivity index (χ3v) is 8.02. The fourth-order valence-electron chi connectivity index (χ4n) is 5.91. The average molecular weight is 573 g/mol. The summed E-state index contributed by atoms with van der Waals surface area (Å²) >= 11 is 6.27. The first-order valence-corrected chi connectivity index (χ1v) is 13.9. The number of hydrogen-bond donors (Lipinski definition) is 1. The van der Waals surface area contributed by atoms with Crippen molar-refractivity contribution < 1.29 is 4.11 Å². The Balaban J connectivity index is 1.52. The number of benzene rings is 1. The molecule has 1 fully saturated rings. The van der Waals surface area contributed by atoms with Gasteiger partial charge in [0.25, 0.3) is 5.56 Å². The summed E-state index contributed by atoms with van der Waals surface area (Å²) in [7, 11) is 1.83. The maximum Gasteiger partial charge on any atom is 0.259 e. The van der Waals surface area contributed by atoms with Gasteiger partial charge in [-0.1, -0.05) is 17.7 Å². The van der Waals surface area contributed by atoms with E-state index >= 15 is 0 Å². The van der Waals surface area contributed by atoms with E-state index in [-0.39, 0.29) is 17.7 Å². The molecule has 1 aliphatic rings. The number of hydrogen-bond acceptors (Lipinski definition) is 7. The molecular weight excluding hydrogens is 538 g/mol. The predicted octanol–water partition coefficient (Wildman–Crippen LogP) is 4.98. The van der Waals surface area contributed by atoms with E-state index in [2.05, 4.69) is 26.4 Å². The van der Waals surface area contributed by atoms with Gasteiger partial charge in [-0.2, -0.15) is 15.5 Å². The van der Waals surface area contributed by atoms with Gasteiger partial charge in [0.1, 0.15) is 10.8 Å². The van der Waals surface area contributed by atoms with Crippen molar-refractivity contribution in [2.45, 2.75) is 38.8 Å². The number of fused-ring (bicyclic) bond motifs is 3. The zero-order valence-corrected chi connectivity index (χ0v) is 23.9. The first-order chi connectivity index (χ1) is 21.0. The summed E-state index contributed by atoms with van der Waals surface area (Å²) in [5, 5.41) is 23.5. The van der Waals surface area contributed by atoms with E-state index < -0.39 is 12.5 Å². The number of aryl methyl sites for hydroxylation is 3. The molecule has 4 aromatic heterocycles. The van der Waals surface area contributed by atoms with Crippen LogP contribution in [0.3, 0.4) is 0 Å². The molecule has 0 aliphatic carbocycles. The number of nitriles is 1. The lowest BCUT2D eigenvalue weighted by Crippen LogP contribution is -2.25. The minimum atomic E-state index is -2.72. The van der Waals surface area contributed by atoms with Crippen molar-refractivity contribution >= 4 is 39.1 Å². The molecule has 6 rings (SSSR count). The van der Waals surface area contributed by atoms with Gasteiger partial charge < -0.3 is 10.2 Å². The molecule has 2 atom stereocenters. The Labute approximate surface area is 247 Å². The van der Waals surface area contributed by atoms with Gasteiger partial charge >= 0.3 is 0 Å². The highest BCUT2D eigenvalue weighted by Gasteiger charge is 2.28. The molecule has 0 saturated carbocycles. The van der Waals surface area contributed by atoms with Crippen LogP contribution in [0.2, 0.25) is 5.15 Å². The molecule has 1 aromatic carbocycles. The molecule has 0 amide bonds. The number of halogens is 1. The van der Waals surface area contributed by atoms with Gasteiger partial charge in [0, 0.05) is 78.2 Å². The van der Waals surface area contributed by atoms with Crippen molar-refractivity contribution in [1.82, 2.24) is 34.0 Å². The Hall–Kier alpha value is -4.20. The molecule has 10 nitrogen and oxygen atoms in total. The fourth-order valence-corrected chi connectivity index (χ4v) is 6.06. The predicted molar refractivity (Wildman–Crippen MR) is 161 cm³/mol.